The van der Waals surface area contributed by atoms with Gasteiger partial charge in [-0.05, 0) is 59.8 Å². The smallest absolute Gasteiger partial charge is 0.223 e. The summed E-state index contributed by atoms with van der Waals surface area (Å²) >= 11 is 0. The molecule has 0 radical (unpaired) electrons. The summed E-state index contributed by atoms with van der Waals surface area (Å²) in [6.45, 7) is 11.8. The molecule has 1 aromatic rings. The predicted octanol–water partition coefficient (Wildman–Crippen LogP) is 5.31. The van der Waals surface area contributed by atoms with Crippen molar-refractivity contribution < 1.29 is 4.79 Å². The lowest BCUT2D eigenvalue weighted by Gasteiger charge is -2.64. The van der Waals surface area contributed by atoms with Crippen molar-refractivity contribution in [2.24, 2.45) is 34.3 Å². The molecule has 2 aliphatic carbocycles. The molecular weight excluding hydrogens is 306 g/mol. The second-order valence-corrected chi connectivity index (χ2v) is 9.56. The largest absolute Gasteiger partial charge is 0.369 e. The second-order valence-electron chi connectivity index (χ2n) is 9.56. The number of carbonyl (C=O) groups excluding carboxylic acids is 1. The number of benzene rings is 1. The molecule has 2 saturated carbocycles. The first kappa shape index (κ1) is 18.5. The van der Waals surface area contributed by atoms with E-state index in [0.29, 0.717) is 23.2 Å². The molecule has 6 atom stereocenters. The van der Waals surface area contributed by atoms with Crippen molar-refractivity contribution in [3.8, 4) is 0 Å². The molecule has 2 nitrogen and oxygen atoms in total. The van der Waals surface area contributed by atoms with Gasteiger partial charge in [-0.3, -0.25) is 4.79 Å². The normalized spacial score (nSPS) is 43.6. The molecule has 0 aromatic heterocycles. The van der Waals surface area contributed by atoms with Crippen LogP contribution in [0, 0.1) is 28.6 Å². The molecule has 1 amide bonds. The van der Waals surface area contributed by atoms with E-state index >= 15 is 0 Å². The highest BCUT2D eigenvalue weighted by Gasteiger charge is 2.61. The van der Waals surface area contributed by atoms with E-state index < -0.39 is 5.41 Å². The van der Waals surface area contributed by atoms with Crippen LogP contribution < -0.4 is 5.73 Å². The summed E-state index contributed by atoms with van der Waals surface area (Å²) in [6, 6.07) is 10.9. The fourth-order valence-corrected chi connectivity index (χ4v) is 6.54. The van der Waals surface area contributed by atoms with E-state index in [4.69, 9.17) is 5.73 Å². The van der Waals surface area contributed by atoms with Crippen molar-refractivity contribution >= 4 is 5.91 Å². The number of hydrogen-bond donors (Lipinski definition) is 1. The Morgan fingerprint density at radius 1 is 1.12 bits per heavy atom. The third-order valence-electron chi connectivity index (χ3n) is 8.34. The van der Waals surface area contributed by atoms with Crippen LogP contribution in [-0.4, -0.2) is 5.91 Å². The standard InChI is InChI=1S/C23H35NO/c1-6-12-22(5)16(2)17(3)23(18-10-8-7-9-11-18)14-19(22)13-21(4,15-23)20(24)25/h7-11,16-17,19H,6,12-15H2,1-5H3,(H2,24,25). The van der Waals surface area contributed by atoms with Crippen LogP contribution in [0.3, 0.4) is 0 Å². The lowest BCUT2D eigenvalue weighted by molar-refractivity contribution is -0.146. The van der Waals surface area contributed by atoms with Crippen molar-refractivity contribution in [1.82, 2.24) is 0 Å². The van der Waals surface area contributed by atoms with Crippen LogP contribution in [0.4, 0.5) is 0 Å². The van der Waals surface area contributed by atoms with Gasteiger partial charge in [0.05, 0.1) is 0 Å². The molecule has 138 valence electrons. The van der Waals surface area contributed by atoms with Gasteiger partial charge in [0.1, 0.15) is 0 Å². The number of primary amides is 1. The van der Waals surface area contributed by atoms with E-state index in [0.717, 1.165) is 12.8 Å². The van der Waals surface area contributed by atoms with Crippen LogP contribution in [-0.2, 0) is 10.2 Å². The Morgan fingerprint density at radius 3 is 2.32 bits per heavy atom. The zero-order chi connectivity index (χ0) is 18.5. The minimum atomic E-state index is -0.401. The maximum absolute atomic E-state index is 12.5. The molecule has 2 N–H and O–H groups in total. The van der Waals surface area contributed by atoms with Gasteiger partial charge in [-0.25, -0.2) is 0 Å². The molecule has 1 aromatic carbocycles. The molecule has 2 fully saturated rings. The van der Waals surface area contributed by atoms with Gasteiger partial charge in [0.2, 0.25) is 5.91 Å². The number of fused-ring (bicyclic) bond motifs is 2. The van der Waals surface area contributed by atoms with Crippen LogP contribution in [0.15, 0.2) is 30.3 Å². The average molecular weight is 342 g/mol. The number of hydrogen-bond acceptors (Lipinski definition) is 1. The number of amides is 1. The van der Waals surface area contributed by atoms with Crippen molar-refractivity contribution in [1.29, 1.82) is 0 Å². The van der Waals surface area contributed by atoms with E-state index in [-0.39, 0.29) is 11.3 Å². The van der Waals surface area contributed by atoms with Crippen molar-refractivity contribution in [2.45, 2.75) is 72.1 Å². The lowest BCUT2D eigenvalue weighted by atomic mass is 9.40. The number of rotatable bonds is 4. The molecule has 0 heterocycles. The third-order valence-corrected chi connectivity index (χ3v) is 8.34. The van der Waals surface area contributed by atoms with Gasteiger partial charge in [-0.2, -0.15) is 0 Å². The molecule has 3 rings (SSSR count). The van der Waals surface area contributed by atoms with Gasteiger partial charge in [-0.1, -0.05) is 71.4 Å². The predicted molar refractivity (Wildman–Crippen MR) is 104 cm³/mol. The fourth-order valence-electron chi connectivity index (χ4n) is 6.54. The number of carbonyl (C=O) groups is 1. The Bertz CT molecular complexity index is 641. The lowest BCUT2D eigenvalue weighted by Crippen LogP contribution is -2.60. The van der Waals surface area contributed by atoms with Crippen LogP contribution in [0.1, 0.15) is 72.3 Å². The van der Waals surface area contributed by atoms with Crippen molar-refractivity contribution in [2.75, 3.05) is 0 Å². The molecular formula is C23H35NO. The average Bonchev–Trinajstić information content (AvgIpc) is 2.59. The van der Waals surface area contributed by atoms with Crippen LogP contribution in [0.25, 0.3) is 0 Å². The fraction of sp³-hybridized carbons (Fsp3) is 0.696. The van der Waals surface area contributed by atoms with E-state index in [9.17, 15) is 4.79 Å². The Morgan fingerprint density at radius 2 is 1.76 bits per heavy atom. The third kappa shape index (κ3) is 2.64. The Kier molecular flexibility index (Phi) is 4.54. The van der Waals surface area contributed by atoms with Gasteiger partial charge >= 0.3 is 0 Å². The first-order valence-electron chi connectivity index (χ1n) is 10.0. The minimum absolute atomic E-state index is 0.0701. The minimum Gasteiger partial charge on any atom is -0.369 e. The summed E-state index contributed by atoms with van der Waals surface area (Å²) in [6.07, 6.45) is 5.48. The summed E-state index contributed by atoms with van der Waals surface area (Å²) in [5, 5.41) is 0. The van der Waals surface area contributed by atoms with Crippen molar-refractivity contribution in [3.05, 3.63) is 35.9 Å². The Hall–Kier alpha value is -1.31. The van der Waals surface area contributed by atoms with E-state index in [1.165, 1.54) is 24.8 Å². The maximum Gasteiger partial charge on any atom is 0.223 e. The van der Waals surface area contributed by atoms with Crippen LogP contribution in [0.2, 0.25) is 0 Å². The number of nitrogens with two attached hydrogens (primary N) is 1. The van der Waals surface area contributed by atoms with Gasteiger partial charge in [0.15, 0.2) is 0 Å². The molecule has 0 aliphatic heterocycles. The summed E-state index contributed by atoms with van der Waals surface area (Å²) in [5.41, 5.74) is 7.32. The molecule has 2 aliphatic rings. The highest BCUT2D eigenvalue weighted by molar-refractivity contribution is 5.81. The van der Waals surface area contributed by atoms with E-state index in [1.807, 2.05) is 0 Å². The Balaban J connectivity index is 2.16. The zero-order valence-corrected chi connectivity index (χ0v) is 16.6. The molecule has 6 unspecified atom stereocenters. The van der Waals surface area contributed by atoms with Gasteiger partial charge < -0.3 is 5.73 Å². The maximum atomic E-state index is 12.5. The molecule has 25 heavy (non-hydrogen) atoms. The molecule has 0 spiro atoms. The van der Waals surface area contributed by atoms with Gasteiger partial charge in [0, 0.05) is 5.41 Å². The SMILES string of the molecule is CCCC1(C)C2CC(C)(C(N)=O)CC(c3ccccc3)(C2)C(C)C1C. The van der Waals surface area contributed by atoms with E-state index in [1.54, 1.807) is 0 Å². The van der Waals surface area contributed by atoms with E-state index in [2.05, 4.69) is 65.0 Å². The first-order chi connectivity index (χ1) is 11.7. The summed E-state index contributed by atoms with van der Waals surface area (Å²) in [5.74, 6) is 1.63. The summed E-state index contributed by atoms with van der Waals surface area (Å²) < 4.78 is 0. The molecule has 0 saturated heterocycles. The summed E-state index contributed by atoms with van der Waals surface area (Å²) in [7, 11) is 0. The highest BCUT2D eigenvalue weighted by atomic mass is 16.1. The van der Waals surface area contributed by atoms with Crippen molar-refractivity contribution in [3.63, 3.8) is 0 Å². The van der Waals surface area contributed by atoms with Crippen LogP contribution >= 0.6 is 0 Å². The quantitative estimate of drug-likeness (QED) is 0.792. The van der Waals surface area contributed by atoms with Crippen LogP contribution in [0.5, 0.6) is 0 Å². The highest BCUT2D eigenvalue weighted by Crippen LogP contribution is 2.66. The zero-order valence-electron chi connectivity index (χ0n) is 16.6. The second kappa shape index (κ2) is 6.14. The first-order valence-corrected chi connectivity index (χ1v) is 10.0. The van der Waals surface area contributed by atoms with Gasteiger partial charge in [0.25, 0.3) is 0 Å². The topological polar surface area (TPSA) is 43.1 Å². The summed E-state index contributed by atoms with van der Waals surface area (Å²) in [4.78, 5) is 12.5. The monoisotopic (exact) mass is 341 g/mol. The molecule has 2 bridgehead atoms. The van der Waals surface area contributed by atoms with Gasteiger partial charge in [-0.15, -0.1) is 0 Å². The molecule has 2 heteroatoms. The Labute approximate surface area is 153 Å².